The van der Waals surface area contributed by atoms with Gasteiger partial charge < -0.3 is 15.5 Å². The molecule has 0 fully saturated rings. The first-order chi connectivity index (χ1) is 13.4. The van der Waals surface area contributed by atoms with Crippen LogP contribution in [0.15, 0.2) is 48.2 Å². The Morgan fingerprint density at radius 2 is 1.86 bits per heavy atom. The van der Waals surface area contributed by atoms with E-state index < -0.39 is 5.91 Å². The van der Waals surface area contributed by atoms with Crippen LogP contribution in [0.4, 0.5) is 17.1 Å². The van der Waals surface area contributed by atoms with Crippen molar-refractivity contribution in [1.29, 1.82) is 5.26 Å². The lowest BCUT2D eigenvalue weighted by Gasteiger charge is -2.22. The Labute approximate surface area is 175 Å². The minimum absolute atomic E-state index is 0.0571. The van der Waals surface area contributed by atoms with Gasteiger partial charge in [0.15, 0.2) is 0 Å². The molecule has 2 N–H and O–H groups in total. The van der Waals surface area contributed by atoms with E-state index in [4.69, 9.17) is 23.2 Å². The van der Waals surface area contributed by atoms with Crippen molar-refractivity contribution < 1.29 is 4.79 Å². The molecule has 0 aromatic heterocycles. The summed E-state index contributed by atoms with van der Waals surface area (Å²) in [6.45, 7) is 8.05. The number of amides is 1. The van der Waals surface area contributed by atoms with Gasteiger partial charge in [-0.3, -0.25) is 4.79 Å². The van der Waals surface area contributed by atoms with Gasteiger partial charge in [0.25, 0.3) is 5.91 Å². The van der Waals surface area contributed by atoms with Crippen molar-refractivity contribution in [3.05, 3.63) is 63.8 Å². The Morgan fingerprint density at radius 3 is 2.43 bits per heavy atom. The van der Waals surface area contributed by atoms with Crippen molar-refractivity contribution in [2.24, 2.45) is 0 Å². The zero-order chi connectivity index (χ0) is 20.7. The van der Waals surface area contributed by atoms with Gasteiger partial charge >= 0.3 is 0 Å². The SMILES string of the molecule is CCN(CC)c1ccc(N/C=C(/C#N)C(=O)Nc2ccc(Cl)c(Cl)c2)c(C)c1. The van der Waals surface area contributed by atoms with Crippen LogP contribution in [-0.4, -0.2) is 19.0 Å². The van der Waals surface area contributed by atoms with Crippen molar-refractivity contribution in [3.8, 4) is 6.07 Å². The highest BCUT2D eigenvalue weighted by molar-refractivity contribution is 6.42. The van der Waals surface area contributed by atoms with Crippen LogP contribution in [0.3, 0.4) is 0 Å². The summed E-state index contributed by atoms with van der Waals surface area (Å²) in [6, 6.07) is 12.6. The zero-order valence-corrected chi connectivity index (χ0v) is 17.5. The predicted octanol–water partition coefficient (Wildman–Crippen LogP) is 5.61. The average molecular weight is 417 g/mol. The number of halogens is 2. The van der Waals surface area contributed by atoms with Crippen molar-refractivity contribution in [3.63, 3.8) is 0 Å². The Balaban J connectivity index is 2.13. The van der Waals surface area contributed by atoms with Crippen LogP contribution in [-0.2, 0) is 4.79 Å². The largest absolute Gasteiger partial charge is 0.372 e. The Morgan fingerprint density at radius 1 is 1.14 bits per heavy atom. The van der Waals surface area contributed by atoms with E-state index in [0.717, 1.165) is 30.0 Å². The van der Waals surface area contributed by atoms with E-state index in [9.17, 15) is 10.1 Å². The van der Waals surface area contributed by atoms with E-state index in [1.807, 2.05) is 25.1 Å². The molecular formula is C21H22Cl2N4O. The minimum Gasteiger partial charge on any atom is -0.372 e. The lowest BCUT2D eigenvalue weighted by Crippen LogP contribution is -2.21. The van der Waals surface area contributed by atoms with Crippen LogP contribution in [0.2, 0.25) is 10.0 Å². The number of benzene rings is 2. The van der Waals surface area contributed by atoms with Crippen molar-refractivity contribution in [2.45, 2.75) is 20.8 Å². The van der Waals surface area contributed by atoms with Gasteiger partial charge in [0.1, 0.15) is 11.6 Å². The third-order valence-electron chi connectivity index (χ3n) is 4.25. The minimum atomic E-state index is -0.536. The quantitative estimate of drug-likeness (QED) is 0.454. The maximum atomic E-state index is 12.3. The molecule has 2 aromatic carbocycles. The summed E-state index contributed by atoms with van der Waals surface area (Å²) in [4.78, 5) is 14.6. The molecule has 2 rings (SSSR count). The number of aryl methyl sites for hydroxylation is 1. The number of carbonyl (C=O) groups is 1. The van der Waals surface area contributed by atoms with E-state index in [1.54, 1.807) is 12.1 Å². The first-order valence-corrected chi connectivity index (χ1v) is 9.64. The Hall–Kier alpha value is -2.68. The van der Waals surface area contributed by atoms with E-state index >= 15 is 0 Å². The number of hydrogen-bond acceptors (Lipinski definition) is 4. The highest BCUT2D eigenvalue weighted by Gasteiger charge is 2.11. The molecule has 1 amide bonds. The van der Waals surface area contributed by atoms with Gasteiger partial charge in [-0.2, -0.15) is 5.26 Å². The second-order valence-electron chi connectivity index (χ2n) is 6.07. The number of nitrogens with zero attached hydrogens (tertiary/aromatic N) is 2. The van der Waals surface area contributed by atoms with E-state index in [2.05, 4.69) is 35.4 Å². The molecule has 0 aliphatic rings. The number of nitriles is 1. The molecular weight excluding hydrogens is 395 g/mol. The van der Waals surface area contributed by atoms with E-state index in [0.29, 0.717) is 15.7 Å². The summed E-state index contributed by atoms with van der Waals surface area (Å²) >= 11 is 11.8. The monoisotopic (exact) mass is 416 g/mol. The molecule has 0 aliphatic heterocycles. The molecule has 0 atom stereocenters. The van der Waals surface area contributed by atoms with E-state index in [1.165, 1.54) is 12.3 Å². The Kier molecular flexibility index (Phi) is 7.74. The lowest BCUT2D eigenvalue weighted by atomic mass is 10.1. The fraction of sp³-hybridized carbons (Fsp3) is 0.238. The third kappa shape index (κ3) is 5.41. The topological polar surface area (TPSA) is 68.2 Å². The van der Waals surface area contributed by atoms with Gasteiger partial charge in [0, 0.05) is 36.4 Å². The van der Waals surface area contributed by atoms with Gasteiger partial charge in [0.2, 0.25) is 0 Å². The molecule has 0 bridgehead atoms. The molecule has 0 saturated heterocycles. The normalized spacial score (nSPS) is 10.9. The number of carbonyl (C=O) groups excluding carboxylic acids is 1. The molecule has 7 heteroatoms. The van der Waals surface area contributed by atoms with Gasteiger partial charge in [0.05, 0.1) is 10.0 Å². The standard InChI is InChI=1S/C21H22Cl2N4O/c1-4-27(5-2)17-7-9-20(14(3)10-17)25-13-15(12-24)21(28)26-16-6-8-18(22)19(23)11-16/h6-11,13,25H,4-5H2,1-3H3,(H,26,28)/b15-13-. The summed E-state index contributed by atoms with van der Waals surface area (Å²) < 4.78 is 0. The predicted molar refractivity (Wildman–Crippen MR) is 117 cm³/mol. The van der Waals surface area contributed by atoms with Gasteiger partial charge in [-0.15, -0.1) is 0 Å². The van der Waals surface area contributed by atoms with Gasteiger partial charge in [-0.25, -0.2) is 0 Å². The Bertz CT molecular complexity index is 930. The van der Waals surface area contributed by atoms with Crippen LogP contribution < -0.4 is 15.5 Å². The number of hydrogen-bond donors (Lipinski definition) is 2. The second-order valence-corrected chi connectivity index (χ2v) is 6.88. The molecule has 28 heavy (non-hydrogen) atoms. The molecule has 0 radical (unpaired) electrons. The van der Waals surface area contributed by atoms with Crippen molar-refractivity contribution in [2.75, 3.05) is 28.6 Å². The zero-order valence-electron chi connectivity index (χ0n) is 16.0. The highest BCUT2D eigenvalue weighted by Crippen LogP contribution is 2.25. The highest BCUT2D eigenvalue weighted by atomic mass is 35.5. The summed E-state index contributed by atoms with van der Waals surface area (Å²) in [7, 11) is 0. The van der Waals surface area contributed by atoms with Crippen LogP contribution in [0.5, 0.6) is 0 Å². The smallest absolute Gasteiger partial charge is 0.267 e. The van der Waals surface area contributed by atoms with Gasteiger partial charge in [-0.1, -0.05) is 23.2 Å². The molecule has 5 nitrogen and oxygen atoms in total. The molecule has 0 unspecified atom stereocenters. The fourth-order valence-corrected chi connectivity index (χ4v) is 2.96. The molecule has 146 valence electrons. The lowest BCUT2D eigenvalue weighted by molar-refractivity contribution is -0.112. The van der Waals surface area contributed by atoms with Crippen molar-refractivity contribution >= 4 is 46.2 Å². The first-order valence-electron chi connectivity index (χ1n) is 8.88. The first kappa shape index (κ1) is 21.6. The summed E-state index contributed by atoms with van der Waals surface area (Å²) in [5.74, 6) is -0.536. The maximum Gasteiger partial charge on any atom is 0.267 e. The summed E-state index contributed by atoms with van der Waals surface area (Å²) in [5.41, 5.74) is 3.38. The average Bonchev–Trinajstić information content (AvgIpc) is 2.67. The second kappa shape index (κ2) is 10.0. The maximum absolute atomic E-state index is 12.3. The van der Waals surface area contributed by atoms with Crippen molar-refractivity contribution in [1.82, 2.24) is 0 Å². The molecule has 2 aromatic rings. The van der Waals surface area contributed by atoms with E-state index in [-0.39, 0.29) is 5.57 Å². The molecule has 0 spiro atoms. The number of rotatable bonds is 7. The number of nitrogens with one attached hydrogen (secondary N) is 2. The van der Waals surface area contributed by atoms with Crippen LogP contribution in [0, 0.1) is 18.3 Å². The van der Waals surface area contributed by atoms with Crippen LogP contribution >= 0.6 is 23.2 Å². The summed E-state index contributed by atoms with van der Waals surface area (Å²) in [5, 5.41) is 15.7. The molecule has 0 saturated carbocycles. The summed E-state index contributed by atoms with van der Waals surface area (Å²) in [6.07, 6.45) is 1.40. The molecule has 0 heterocycles. The van der Waals surface area contributed by atoms with Crippen LogP contribution in [0.25, 0.3) is 0 Å². The fourth-order valence-electron chi connectivity index (χ4n) is 2.67. The number of anilines is 3. The molecule has 0 aliphatic carbocycles. The van der Waals surface area contributed by atoms with Gasteiger partial charge in [-0.05, 0) is 62.7 Å². The van der Waals surface area contributed by atoms with Crippen LogP contribution in [0.1, 0.15) is 19.4 Å². The third-order valence-corrected chi connectivity index (χ3v) is 4.99.